The van der Waals surface area contributed by atoms with Crippen LogP contribution in [0.25, 0.3) is 0 Å². The monoisotopic (exact) mass is 465 g/mol. The fourth-order valence-corrected chi connectivity index (χ4v) is 3.92. The minimum absolute atomic E-state index is 0.0264. The molecule has 1 aliphatic rings. The van der Waals surface area contributed by atoms with E-state index >= 15 is 0 Å². The van der Waals surface area contributed by atoms with E-state index in [1.165, 1.54) is 18.5 Å². The molecule has 32 heavy (non-hydrogen) atoms. The summed E-state index contributed by atoms with van der Waals surface area (Å²) in [4.78, 5) is 22.2. The molecule has 0 atom stereocenters. The fourth-order valence-electron chi connectivity index (χ4n) is 3.29. The van der Waals surface area contributed by atoms with Crippen LogP contribution in [0.1, 0.15) is 32.3 Å². The van der Waals surface area contributed by atoms with Gasteiger partial charge in [0.05, 0.1) is 17.0 Å². The van der Waals surface area contributed by atoms with Gasteiger partial charge < -0.3 is 9.47 Å². The molecule has 2 heterocycles. The van der Waals surface area contributed by atoms with Crippen molar-refractivity contribution in [2.75, 3.05) is 25.9 Å². The van der Waals surface area contributed by atoms with Crippen LogP contribution in [0.5, 0.6) is 17.5 Å². The van der Waals surface area contributed by atoms with Crippen molar-refractivity contribution in [3.63, 3.8) is 0 Å². The number of aromatic nitrogens is 2. The molecule has 8 nitrogen and oxygen atoms in total. The number of likely N-dealkylation sites (tertiary alicyclic amines) is 1. The third-order valence-corrected chi connectivity index (χ3v) is 6.48. The van der Waals surface area contributed by atoms with Crippen LogP contribution in [0.3, 0.4) is 0 Å². The molecule has 0 radical (unpaired) electrons. The van der Waals surface area contributed by atoms with Gasteiger partial charge in [0.25, 0.3) is 0 Å². The molecular formula is C22H28FN3O5S. The summed E-state index contributed by atoms with van der Waals surface area (Å²) < 4.78 is 49.1. The predicted octanol–water partition coefficient (Wildman–Crippen LogP) is 3.19. The number of hydrogen-bond acceptors (Lipinski definition) is 8. The zero-order chi connectivity index (χ0) is 23.5. The van der Waals surface area contributed by atoms with Gasteiger partial charge in [-0.2, -0.15) is 0 Å². The van der Waals surface area contributed by atoms with Crippen molar-refractivity contribution < 1.29 is 27.1 Å². The van der Waals surface area contributed by atoms with Crippen molar-refractivity contribution in [2.45, 2.75) is 44.6 Å². The van der Waals surface area contributed by atoms with Gasteiger partial charge in [-0.3, -0.25) is 9.69 Å². The Hall–Kier alpha value is -2.59. The second kappa shape index (κ2) is 9.91. The third kappa shape index (κ3) is 6.01. The molecule has 2 aromatic rings. The zero-order valence-corrected chi connectivity index (χ0v) is 19.5. The molecule has 10 heteroatoms. The average Bonchev–Trinajstić information content (AvgIpc) is 2.72. The summed E-state index contributed by atoms with van der Waals surface area (Å²) in [5.74, 6) is -0.223. The molecule has 174 valence electrons. The maximum Gasteiger partial charge on any atom is 0.229 e. The minimum Gasteiger partial charge on any atom is -0.474 e. The molecule has 0 bridgehead atoms. The van der Waals surface area contributed by atoms with Crippen molar-refractivity contribution in [1.29, 1.82) is 0 Å². The van der Waals surface area contributed by atoms with E-state index < -0.39 is 15.7 Å². The van der Waals surface area contributed by atoms with E-state index in [9.17, 15) is 17.6 Å². The van der Waals surface area contributed by atoms with Gasteiger partial charge in [0.15, 0.2) is 21.4 Å². The summed E-state index contributed by atoms with van der Waals surface area (Å²) in [5.41, 5.74) is 0.511. The highest BCUT2D eigenvalue weighted by Crippen LogP contribution is 2.31. The first kappa shape index (κ1) is 24.1. The summed E-state index contributed by atoms with van der Waals surface area (Å²) in [6.45, 7) is 7.49. The summed E-state index contributed by atoms with van der Waals surface area (Å²) in [5, 5.41) is 0. The fraction of sp³-hybridized carbons (Fsp3) is 0.500. The molecule has 0 saturated carbocycles. The Morgan fingerprint density at radius 2 is 1.88 bits per heavy atom. The molecule has 1 aliphatic heterocycles. The number of nitrogens with zero attached hydrogens (tertiary/aromatic N) is 3. The number of carbonyl (C=O) groups is 1. The van der Waals surface area contributed by atoms with Gasteiger partial charge >= 0.3 is 0 Å². The van der Waals surface area contributed by atoms with Gasteiger partial charge in [0.1, 0.15) is 18.2 Å². The summed E-state index contributed by atoms with van der Waals surface area (Å²) in [6, 6.07) is 3.44. The maximum atomic E-state index is 14.4. The SMILES string of the molecule is Cc1c(Oc2ccc(S(C)(=O)=O)cc2F)ncnc1OC1CCN(CC(=O)C(C)C)CC1. The van der Waals surface area contributed by atoms with E-state index in [0.717, 1.165) is 38.3 Å². The van der Waals surface area contributed by atoms with E-state index in [4.69, 9.17) is 9.47 Å². The third-order valence-electron chi connectivity index (χ3n) is 5.37. The largest absolute Gasteiger partial charge is 0.474 e. The smallest absolute Gasteiger partial charge is 0.229 e. The Morgan fingerprint density at radius 1 is 1.22 bits per heavy atom. The molecule has 1 fully saturated rings. The highest BCUT2D eigenvalue weighted by Gasteiger charge is 2.24. The zero-order valence-electron chi connectivity index (χ0n) is 18.7. The van der Waals surface area contributed by atoms with Crippen LogP contribution in [-0.4, -0.2) is 61.1 Å². The normalized spacial score (nSPS) is 15.7. The highest BCUT2D eigenvalue weighted by atomic mass is 32.2. The molecule has 0 unspecified atom stereocenters. The second-order valence-electron chi connectivity index (χ2n) is 8.29. The Morgan fingerprint density at radius 3 is 2.47 bits per heavy atom. The van der Waals surface area contributed by atoms with E-state index in [2.05, 4.69) is 14.9 Å². The Kier molecular flexibility index (Phi) is 7.45. The standard InChI is InChI=1S/C22H28FN3O5S/c1-14(2)19(27)12-26-9-7-16(8-10-26)30-21-15(3)22(25-13-24-21)31-20-6-5-17(11-18(20)23)32(4,28)29/h5-6,11,13-14,16H,7-10,12H2,1-4H3. The number of Topliss-reactive ketones (excluding diaryl/α,β-unsaturated/α-hetero) is 1. The number of ether oxygens (including phenoxy) is 2. The molecule has 1 aromatic heterocycles. The van der Waals surface area contributed by atoms with Gasteiger partial charge in [-0.15, -0.1) is 0 Å². The minimum atomic E-state index is -3.52. The lowest BCUT2D eigenvalue weighted by atomic mass is 10.0. The van der Waals surface area contributed by atoms with Crippen LogP contribution >= 0.6 is 0 Å². The summed E-state index contributed by atoms with van der Waals surface area (Å²) in [7, 11) is -3.52. The van der Waals surface area contributed by atoms with E-state index in [0.29, 0.717) is 18.0 Å². The van der Waals surface area contributed by atoms with E-state index in [1.807, 2.05) is 13.8 Å². The molecule has 0 amide bonds. The van der Waals surface area contributed by atoms with Crippen LogP contribution in [-0.2, 0) is 14.6 Å². The first-order valence-corrected chi connectivity index (χ1v) is 12.3. The lowest BCUT2D eigenvalue weighted by molar-refractivity contribution is -0.123. The molecule has 0 aliphatic carbocycles. The molecule has 0 N–H and O–H groups in total. The first-order chi connectivity index (χ1) is 15.0. The average molecular weight is 466 g/mol. The van der Waals surface area contributed by atoms with Crippen LogP contribution < -0.4 is 9.47 Å². The van der Waals surface area contributed by atoms with Crippen molar-refractivity contribution >= 4 is 15.6 Å². The van der Waals surface area contributed by atoms with Crippen molar-refractivity contribution in [2.24, 2.45) is 5.92 Å². The van der Waals surface area contributed by atoms with Gasteiger partial charge in [0.2, 0.25) is 11.8 Å². The van der Waals surface area contributed by atoms with Crippen LogP contribution in [0.15, 0.2) is 29.4 Å². The summed E-state index contributed by atoms with van der Waals surface area (Å²) >= 11 is 0. The van der Waals surface area contributed by atoms with Crippen molar-refractivity contribution in [3.8, 4) is 17.5 Å². The van der Waals surface area contributed by atoms with Crippen molar-refractivity contribution in [3.05, 3.63) is 35.9 Å². The number of hydrogen-bond donors (Lipinski definition) is 0. The number of carbonyl (C=O) groups excluding carboxylic acids is 1. The Bertz CT molecular complexity index is 1080. The topological polar surface area (TPSA) is 98.7 Å². The van der Waals surface area contributed by atoms with Crippen LogP contribution in [0.4, 0.5) is 4.39 Å². The van der Waals surface area contributed by atoms with Gasteiger partial charge in [0, 0.05) is 25.3 Å². The number of piperidine rings is 1. The number of sulfone groups is 1. The first-order valence-electron chi connectivity index (χ1n) is 10.5. The van der Waals surface area contributed by atoms with Gasteiger partial charge in [-0.25, -0.2) is 22.8 Å². The predicted molar refractivity (Wildman–Crippen MR) is 116 cm³/mol. The number of ketones is 1. The lowest BCUT2D eigenvalue weighted by Crippen LogP contribution is -2.41. The van der Waals surface area contributed by atoms with Crippen LogP contribution in [0, 0.1) is 18.7 Å². The van der Waals surface area contributed by atoms with Gasteiger partial charge in [-0.1, -0.05) is 13.8 Å². The van der Waals surface area contributed by atoms with Crippen LogP contribution in [0.2, 0.25) is 0 Å². The van der Waals surface area contributed by atoms with Crippen molar-refractivity contribution in [1.82, 2.24) is 14.9 Å². The van der Waals surface area contributed by atoms with E-state index in [1.54, 1.807) is 6.92 Å². The second-order valence-corrected chi connectivity index (χ2v) is 10.3. The number of rotatable bonds is 8. The molecule has 0 spiro atoms. The quantitative estimate of drug-likeness (QED) is 0.586. The van der Waals surface area contributed by atoms with Gasteiger partial charge in [-0.05, 0) is 38.0 Å². The highest BCUT2D eigenvalue weighted by molar-refractivity contribution is 7.90. The molecular weight excluding hydrogens is 437 g/mol. The molecule has 1 aromatic carbocycles. The lowest BCUT2D eigenvalue weighted by Gasteiger charge is -2.32. The molecule has 1 saturated heterocycles. The molecule has 3 rings (SSSR count). The number of benzene rings is 1. The maximum absolute atomic E-state index is 14.4. The Balaban J connectivity index is 1.65. The number of halogens is 1. The summed E-state index contributed by atoms with van der Waals surface area (Å²) in [6.07, 6.45) is 3.73. The van der Waals surface area contributed by atoms with E-state index in [-0.39, 0.29) is 34.3 Å². The Labute approximate surface area is 187 Å².